The highest BCUT2D eigenvalue weighted by Crippen LogP contribution is 2.10. The number of benzene rings is 1. The number of carbonyl (C=O) groups excluding carboxylic acids is 2. The zero-order valence-corrected chi connectivity index (χ0v) is 10.2. The average Bonchev–Trinajstić information content (AvgIpc) is 2.90. The standard InChI is InChI=1S/C13H14N4O2/c14-13(19)9-1-3-10(4-2-9)17-12(18)6-5-11-7-15-8-16-11/h1-4,7-8H,5-6H2,(H2,14,19)(H,15,16)(H,17,18). The van der Waals surface area contributed by atoms with Crippen molar-refractivity contribution in [3.63, 3.8) is 0 Å². The number of aromatic nitrogens is 2. The summed E-state index contributed by atoms with van der Waals surface area (Å²) >= 11 is 0. The van der Waals surface area contributed by atoms with E-state index in [9.17, 15) is 9.59 Å². The first kappa shape index (κ1) is 12.8. The SMILES string of the molecule is NC(=O)c1ccc(NC(=O)CCc2cnc[nH]2)cc1. The van der Waals surface area contributed by atoms with Gasteiger partial charge >= 0.3 is 0 Å². The lowest BCUT2D eigenvalue weighted by atomic mass is 10.2. The molecule has 4 N–H and O–H groups in total. The molecule has 6 heteroatoms. The third-order valence-corrected chi connectivity index (χ3v) is 2.63. The van der Waals surface area contributed by atoms with Crippen molar-refractivity contribution in [2.24, 2.45) is 5.73 Å². The van der Waals surface area contributed by atoms with E-state index in [1.54, 1.807) is 36.8 Å². The number of amides is 2. The first-order chi connectivity index (χ1) is 9.15. The van der Waals surface area contributed by atoms with Crippen molar-refractivity contribution in [2.75, 3.05) is 5.32 Å². The fourth-order valence-electron chi connectivity index (χ4n) is 1.61. The number of hydrogen-bond donors (Lipinski definition) is 3. The Kier molecular flexibility index (Phi) is 3.92. The maximum absolute atomic E-state index is 11.7. The van der Waals surface area contributed by atoms with Crippen molar-refractivity contribution in [1.82, 2.24) is 9.97 Å². The normalized spacial score (nSPS) is 10.1. The van der Waals surface area contributed by atoms with Crippen molar-refractivity contribution < 1.29 is 9.59 Å². The summed E-state index contributed by atoms with van der Waals surface area (Å²) in [5.74, 6) is -0.585. The Labute approximate surface area is 110 Å². The fraction of sp³-hybridized carbons (Fsp3) is 0.154. The molecule has 2 aromatic rings. The summed E-state index contributed by atoms with van der Waals surface area (Å²) in [5.41, 5.74) is 7.10. The van der Waals surface area contributed by atoms with Crippen LogP contribution in [0.2, 0.25) is 0 Å². The van der Waals surface area contributed by atoms with Gasteiger partial charge in [-0.3, -0.25) is 9.59 Å². The van der Waals surface area contributed by atoms with Crippen molar-refractivity contribution in [1.29, 1.82) is 0 Å². The summed E-state index contributed by atoms with van der Waals surface area (Å²) in [7, 11) is 0. The highest BCUT2D eigenvalue weighted by Gasteiger charge is 2.05. The van der Waals surface area contributed by atoms with Crippen molar-refractivity contribution >= 4 is 17.5 Å². The van der Waals surface area contributed by atoms with E-state index >= 15 is 0 Å². The van der Waals surface area contributed by atoms with E-state index in [0.717, 1.165) is 5.69 Å². The second-order valence-electron chi connectivity index (χ2n) is 4.07. The predicted molar refractivity (Wildman–Crippen MR) is 70.5 cm³/mol. The van der Waals surface area contributed by atoms with Crippen LogP contribution in [-0.2, 0) is 11.2 Å². The van der Waals surface area contributed by atoms with Crippen LogP contribution >= 0.6 is 0 Å². The van der Waals surface area contributed by atoms with Crippen LogP contribution in [0.4, 0.5) is 5.69 Å². The second-order valence-corrected chi connectivity index (χ2v) is 4.07. The molecule has 0 radical (unpaired) electrons. The maximum Gasteiger partial charge on any atom is 0.248 e. The summed E-state index contributed by atoms with van der Waals surface area (Å²) < 4.78 is 0. The first-order valence-corrected chi connectivity index (χ1v) is 5.82. The summed E-state index contributed by atoms with van der Waals surface area (Å²) in [6.07, 6.45) is 4.23. The van der Waals surface area contributed by atoms with Crippen LogP contribution in [0.15, 0.2) is 36.8 Å². The highest BCUT2D eigenvalue weighted by atomic mass is 16.1. The van der Waals surface area contributed by atoms with Gasteiger partial charge in [0.05, 0.1) is 6.33 Å². The Morgan fingerprint density at radius 3 is 2.58 bits per heavy atom. The number of carbonyl (C=O) groups is 2. The smallest absolute Gasteiger partial charge is 0.248 e. The number of nitrogens with two attached hydrogens (primary N) is 1. The molecule has 2 rings (SSSR count). The molecule has 0 saturated heterocycles. The molecule has 0 bridgehead atoms. The number of imidazole rings is 1. The number of aromatic amines is 1. The molecule has 0 aliphatic rings. The topological polar surface area (TPSA) is 101 Å². The molecule has 0 fully saturated rings. The van der Waals surface area contributed by atoms with Gasteiger partial charge in [0, 0.05) is 29.6 Å². The third kappa shape index (κ3) is 3.67. The van der Waals surface area contributed by atoms with Crippen molar-refractivity contribution in [2.45, 2.75) is 12.8 Å². The van der Waals surface area contributed by atoms with Crippen LogP contribution in [-0.4, -0.2) is 21.8 Å². The molecule has 1 aromatic heterocycles. The van der Waals surface area contributed by atoms with Gasteiger partial charge in [-0.2, -0.15) is 0 Å². The minimum atomic E-state index is -0.489. The molecule has 1 heterocycles. The monoisotopic (exact) mass is 258 g/mol. The van der Waals surface area contributed by atoms with Gasteiger partial charge in [-0.05, 0) is 30.7 Å². The van der Waals surface area contributed by atoms with Gasteiger partial charge in [0.2, 0.25) is 11.8 Å². The van der Waals surface area contributed by atoms with Crippen LogP contribution in [0.5, 0.6) is 0 Å². The van der Waals surface area contributed by atoms with E-state index < -0.39 is 5.91 Å². The van der Waals surface area contributed by atoms with E-state index in [0.29, 0.717) is 24.1 Å². The molecular weight excluding hydrogens is 244 g/mol. The number of primary amides is 1. The number of rotatable bonds is 5. The van der Waals surface area contributed by atoms with E-state index in [1.165, 1.54) is 0 Å². The molecular formula is C13H14N4O2. The van der Waals surface area contributed by atoms with Crippen LogP contribution in [0.25, 0.3) is 0 Å². The molecule has 19 heavy (non-hydrogen) atoms. The first-order valence-electron chi connectivity index (χ1n) is 5.82. The molecule has 0 unspecified atom stereocenters. The largest absolute Gasteiger partial charge is 0.366 e. The van der Waals surface area contributed by atoms with Crippen LogP contribution in [0.1, 0.15) is 22.5 Å². The van der Waals surface area contributed by atoms with Crippen LogP contribution < -0.4 is 11.1 Å². The minimum absolute atomic E-state index is 0.0959. The summed E-state index contributed by atoms with van der Waals surface area (Å²) in [6, 6.07) is 6.45. The molecule has 1 aromatic carbocycles. The van der Waals surface area contributed by atoms with E-state index in [-0.39, 0.29) is 5.91 Å². The Bertz CT molecular complexity index is 561. The van der Waals surface area contributed by atoms with Crippen LogP contribution in [0.3, 0.4) is 0 Å². The summed E-state index contributed by atoms with van der Waals surface area (Å²) in [6.45, 7) is 0. The second kappa shape index (κ2) is 5.81. The Morgan fingerprint density at radius 2 is 2.00 bits per heavy atom. The molecule has 2 amide bonds. The molecule has 0 atom stereocenters. The molecule has 0 aliphatic carbocycles. The fourth-order valence-corrected chi connectivity index (χ4v) is 1.61. The Morgan fingerprint density at radius 1 is 1.26 bits per heavy atom. The van der Waals surface area contributed by atoms with E-state index in [2.05, 4.69) is 15.3 Å². The van der Waals surface area contributed by atoms with Gasteiger partial charge in [-0.15, -0.1) is 0 Å². The summed E-state index contributed by atoms with van der Waals surface area (Å²) in [4.78, 5) is 29.4. The van der Waals surface area contributed by atoms with E-state index in [1.807, 2.05) is 0 Å². The molecule has 98 valence electrons. The molecule has 0 aliphatic heterocycles. The Hall–Kier alpha value is -2.63. The number of anilines is 1. The van der Waals surface area contributed by atoms with Gasteiger partial charge in [-0.1, -0.05) is 0 Å². The van der Waals surface area contributed by atoms with Gasteiger partial charge in [0.15, 0.2) is 0 Å². The zero-order valence-electron chi connectivity index (χ0n) is 10.2. The number of hydrogen-bond acceptors (Lipinski definition) is 3. The lowest BCUT2D eigenvalue weighted by Crippen LogP contribution is -2.13. The number of H-pyrrole nitrogens is 1. The van der Waals surface area contributed by atoms with Gasteiger partial charge in [0.1, 0.15) is 0 Å². The number of nitrogens with one attached hydrogen (secondary N) is 2. The van der Waals surface area contributed by atoms with Gasteiger partial charge in [-0.25, -0.2) is 4.98 Å². The quantitative estimate of drug-likeness (QED) is 0.748. The molecule has 0 saturated carbocycles. The highest BCUT2D eigenvalue weighted by molar-refractivity contribution is 5.94. The minimum Gasteiger partial charge on any atom is -0.366 e. The zero-order chi connectivity index (χ0) is 13.7. The lowest BCUT2D eigenvalue weighted by Gasteiger charge is -2.05. The molecule has 0 spiro atoms. The third-order valence-electron chi connectivity index (χ3n) is 2.63. The predicted octanol–water partition coefficient (Wildman–Crippen LogP) is 1.08. The Balaban J connectivity index is 1.86. The van der Waals surface area contributed by atoms with Gasteiger partial charge < -0.3 is 16.0 Å². The number of aryl methyl sites for hydroxylation is 1. The number of nitrogens with zero attached hydrogens (tertiary/aromatic N) is 1. The lowest BCUT2D eigenvalue weighted by molar-refractivity contribution is -0.116. The van der Waals surface area contributed by atoms with Crippen LogP contribution in [0, 0.1) is 0 Å². The average molecular weight is 258 g/mol. The van der Waals surface area contributed by atoms with Crippen molar-refractivity contribution in [3.05, 3.63) is 48.0 Å². The van der Waals surface area contributed by atoms with E-state index in [4.69, 9.17) is 5.73 Å². The maximum atomic E-state index is 11.7. The van der Waals surface area contributed by atoms with Crippen molar-refractivity contribution in [3.8, 4) is 0 Å². The molecule has 6 nitrogen and oxygen atoms in total. The van der Waals surface area contributed by atoms with Gasteiger partial charge in [0.25, 0.3) is 0 Å². The summed E-state index contributed by atoms with van der Waals surface area (Å²) in [5, 5.41) is 2.75.